The first-order valence-corrected chi connectivity index (χ1v) is 8.01. The number of ether oxygens (including phenoxy) is 1. The molecule has 0 saturated carbocycles. The summed E-state index contributed by atoms with van der Waals surface area (Å²) in [4.78, 5) is 0. The van der Waals surface area contributed by atoms with E-state index >= 15 is 0 Å². The molecule has 0 aliphatic carbocycles. The van der Waals surface area contributed by atoms with Crippen LogP contribution in [0.1, 0.15) is 18.4 Å². The van der Waals surface area contributed by atoms with Gasteiger partial charge in [-0.1, -0.05) is 17.8 Å². The number of tetrazole rings is 1. The predicted octanol–water partition coefficient (Wildman–Crippen LogP) is 2.51. The highest BCUT2D eigenvalue weighted by Gasteiger charge is 2.16. The third-order valence-electron chi connectivity index (χ3n) is 3.20. The van der Waals surface area contributed by atoms with E-state index in [1.165, 1.54) is 11.8 Å². The Kier molecular flexibility index (Phi) is 5.95. The Morgan fingerprint density at radius 1 is 1.39 bits per heavy atom. The van der Waals surface area contributed by atoms with Crippen LogP contribution in [0.3, 0.4) is 0 Å². The number of hydrogen-bond donors (Lipinski definition) is 0. The van der Waals surface area contributed by atoms with Crippen molar-refractivity contribution in [3.63, 3.8) is 0 Å². The molecule has 8 heteroatoms. The lowest BCUT2D eigenvalue weighted by Crippen LogP contribution is -2.05. The fraction of sp³-hybridized carbons (Fsp3) is 0.400. The summed E-state index contributed by atoms with van der Waals surface area (Å²) in [7, 11) is 1.60. The van der Waals surface area contributed by atoms with Gasteiger partial charge in [-0.15, -0.1) is 5.10 Å². The molecule has 1 heterocycles. The molecule has 1 aromatic carbocycles. The van der Waals surface area contributed by atoms with Crippen molar-refractivity contribution >= 4 is 11.8 Å². The minimum atomic E-state index is -0.204. The molecule has 0 unspecified atom stereocenters. The maximum atomic E-state index is 9.13. The summed E-state index contributed by atoms with van der Waals surface area (Å²) in [6.45, 7) is 1.98. The minimum Gasteiger partial charge on any atom is -0.494 e. The maximum Gasteiger partial charge on any atom is 0.214 e. The van der Waals surface area contributed by atoms with Crippen molar-refractivity contribution in [2.45, 2.75) is 24.9 Å². The van der Waals surface area contributed by atoms with Gasteiger partial charge in [0.25, 0.3) is 0 Å². The van der Waals surface area contributed by atoms with E-state index in [4.69, 9.17) is 15.3 Å². The Morgan fingerprint density at radius 3 is 2.91 bits per heavy atom. The lowest BCUT2D eigenvalue weighted by atomic mass is 10.1. The van der Waals surface area contributed by atoms with Crippen LogP contribution in [-0.2, 0) is 0 Å². The quantitative estimate of drug-likeness (QED) is 0.720. The molecule has 0 saturated heterocycles. The lowest BCUT2D eigenvalue weighted by molar-refractivity contribution is 0.410. The molecule has 0 amide bonds. The molecule has 1 aromatic heterocycles. The molecule has 0 bridgehead atoms. The summed E-state index contributed by atoms with van der Waals surface area (Å²) in [6, 6.07) is 10.0. The van der Waals surface area contributed by atoms with Crippen molar-refractivity contribution < 1.29 is 4.74 Å². The van der Waals surface area contributed by atoms with E-state index < -0.39 is 0 Å². The third kappa shape index (κ3) is 4.21. The monoisotopic (exact) mass is 328 g/mol. The first kappa shape index (κ1) is 16.8. The fourth-order valence-electron chi connectivity index (χ4n) is 1.98. The second kappa shape index (κ2) is 8.16. The van der Waals surface area contributed by atoms with Gasteiger partial charge in [0.05, 0.1) is 25.2 Å². The van der Waals surface area contributed by atoms with Crippen LogP contribution in [-0.4, -0.2) is 33.1 Å². The Balaban J connectivity index is 2.19. The highest BCUT2D eigenvalue weighted by Crippen LogP contribution is 2.28. The van der Waals surface area contributed by atoms with Crippen LogP contribution in [0.15, 0.2) is 23.4 Å². The zero-order valence-electron chi connectivity index (χ0n) is 12.9. The van der Waals surface area contributed by atoms with E-state index in [1.54, 1.807) is 11.8 Å². The molecule has 0 radical (unpaired) electrons. The fourth-order valence-corrected chi connectivity index (χ4v) is 2.93. The molecular formula is C15H16N6OS. The minimum absolute atomic E-state index is 0.204. The molecule has 2 rings (SSSR count). The number of nitrogens with zero attached hydrogens (tertiary/aromatic N) is 6. The molecular weight excluding hydrogens is 312 g/mol. The molecule has 0 aliphatic heterocycles. The van der Waals surface area contributed by atoms with E-state index in [0.717, 1.165) is 11.3 Å². The van der Waals surface area contributed by atoms with Crippen LogP contribution in [0.4, 0.5) is 0 Å². The molecule has 118 valence electrons. The highest BCUT2D eigenvalue weighted by atomic mass is 32.2. The largest absolute Gasteiger partial charge is 0.494 e. The van der Waals surface area contributed by atoms with Crippen LogP contribution < -0.4 is 4.74 Å². The molecule has 2 aromatic rings. The molecule has 0 spiro atoms. The zero-order valence-corrected chi connectivity index (χ0v) is 13.7. The van der Waals surface area contributed by atoms with Crippen molar-refractivity contribution in [1.29, 1.82) is 10.5 Å². The van der Waals surface area contributed by atoms with Gasteiger partial charge in [-0.2, -0.15) is 15.2 Å². The van der Waals surface area contributed by atoms with E-state index in [2.05, 4.69) is 27.7 Å². The van der Waals surface area contributed by atoms with Gasteiger partial charge >= 0.3 is 0 Å². The summed E-state index contributed by atoms with van der Waals surface area (Å²) in [5.74, 6) is 1.00. The molecule has 23 heavy (non-hydrogen) atoms. The molecule has 7 nitrogen and oxygen atoms in total. The van der Waals surface area contributed by atoms with Gasteiger partial charge in [0.15, 0.2) is 0 Å². The zero-order chi connectivity index (χ0) is 16.7. The van der Waals surface area contributed by atoms with Gasteiger partial charge in [-0.3, -0.25) is 0 Å². The van der Waals surface area contributed by atoms with Gasteiger partial charge in [0.1, 0.15) is 11.4 Å². The number of aryl methyl sites for hydroxylation is 1. The molecule has 0 N–H and O–H groups in total. The van der Waals surface area contributed by atoms with Gasteiger partial charge < -0.3 is 4.74 Å². The van der Waals surface area contributed by atoms with E-state index in [9.17, 15) is 0 Å². The molecule has 0 fully saturated rings. The van der Waals surface area contributed by atoms with Crippen molar-refractivity contribution in [1.82, 2.24) is 20.2 Å². The summed E-state index contributed by atoms with van der Waals surface area (Å²) in [5, 5.41) is 30.1. The summed E-state index contributed by atoms with van der Waals surface area (Å²) in [5.41, 5.74) is 1.82. The summed E-state index contributed by atoms with van der Waals surface area (Å²) >= 11 is 1.40. The van der Waals surface area contributed by atoms with Crippen LogP contribution in [0.2, 0.25) is 0 Å². The predicted molar refractivity (Wildman–Crippen MR) is 85.1 cm³/mol. The smallest absolute Gasteiger partial charge is 0.214 e. The highest BCUT2D eigenvalue weighted by molar-refractivity contribution is 7.99. The van der Waals surface area contributed by atoms with Gasteiger partial charge in [-0.25, -0.2) is 0 Å². The first-order valence-electron chi connectivity index (χ1n) is 7.02. The normalized spacial score (nSPS) is 11.5. The van der Waals surface area contributed by atoms with Crippen LogP contribution in [0.25, 0.3) is 5.69 Å². The van der Waals surface area contributed by atoms with Gasteiger partial charge in [-0.05, 0) is 41.5 Å². The van der Waals surface area contributed by atoms with Crippen molar-refractivity contribution in [2.24, 2.45) is 5.92 Å². The van der Waals surface area contributed by atoms with Gasteiger partial charge in [0.2, 0.25) is 5.16 Å². The lowest BCUT2D eigenvalue weighted by Gasteiger charge is -2.11. The summed E-state index contributed by atoms with van der Waals surface area (Å²) in [6.07, 6.45) is 0.921. The Hall–Kier alpha value is -2.58. The van der Waals surface area contributed by atoms with Crippen molar-refractivity contribution in [2.75, 3.05) is 12.9 Å². The Morgan fingerprint density at radius 2 is 2.22 bits per heavy atom. The number of rotatable bonds is 7. The number of benzene rings is 1. The number of aromatic nitrogens is 4. The number of hydrogen-bond acceptors (Lipinski definition) is 7. The SMILES string of the molecule is COc1ccc(C)cc1-n1nnnc1SC[C@@H](C#N)CCC#N. The van der Waals surface area contributed by atoms with E-state index in [0.29, 0.717) is 29.5 Å². The Bertz CT molecular complexity index is 745. The second-order valence-electron chi connectivity index (χ2n) is 4.88. The number of nitriles is 2. The average Bonchev–Trinajstić information content (AvgIpc) is 3.03. The second-order valence-corrected chi connectivity index (χ2v) is 5.87. The molecule has 0 aliphatic rings. The number of thioether (sulfide) groups is 1. The van der Waals surface area contributed by atoms with Crippen LogP contribution >= 0.6 is 11.8 Å². The Labute approximate surface area is 138 Å². The van der Waals surface area contributed by atoms with Crippen molar-refractivity contribution in [3.05, 3.63) is 23.8 Å². The first-order chi connectivity index (χ1) is 11.2. The topological polar surface area (TPSA) is 100 Å². The van der Waals surface area contributed by atoms with E-state index in [-0.39, 0.29) is 5.92 Å². The third-order valence-corrected chi connectivity index (χ3v) is 4.29. The average molecular weight is 328 g/mol. The van der Waals surface area contributed by atoms with Crippen LogP contribution in [0.5, 0.6) is 5.75 Å². The van der Waals surface area contributed by atoms with Crippen LogP contribution in [0, 0.1) is 35.5 Å². The van der Waals surface area contributed by atoms with Crippen molar-refractivity contribution in [3.8, 4) is 23.6 Å². The molecule has 1 atom stereocenters. The standard InChI is InChI=1S/C15H16N6OS/c1-11-5-6-14(22-2)13(8-11)21-15(18-19-20-21)23-10-12(9-17)4-3-7-16/h5-6,8,12H,3-4,10H2,1-2H3/t12-/m1/s1. The number of methoxy groups -OCH3 is 1. The van der Waals surface area contributed by atoms with E-state index in [1.807, 2.05) is 25.1 Å². The maximum absolute atomic E-state index is 9.13. The van der Waals surface area contributed by atoms with Gasteiger partial charge in [0, 0.05) is 12.2 Å². The summed E-state index contributed by atoms with van der Waals surface area (Å²) < 4.78 is 6.97.